The quantitative estimate of drug-likeness (QED) is 0.855. The van der Waals surface area contributed by atoms with Crippen LogP contribution in [0.25, 0.3) is 0 Å². The minimum Gasteiger partial charge on any atom is -0.375 e. The van der Waals surface area contributed by atoms with Crippen LogP contribution in [0.15, 0.2) is 30.3 Å². The minimum atomic E-state index is -0.496. The molecule has 2 heterocycles. The first-order valence-electron chi connectivity index (χ1n) is 8.46. The van der Waals surface area contributed by atoms with Crippen molar-refractivity contribution in [3.8, 4) is 0 Å². The molecule has 1 fully saturated rings. The number of hydrogen-bond donors (Lipinski definition) is 2. The van der Waals surface area contributed by atoms with Crippen LogP contribution >= 0.6 is 0 Å². The predicted molar refractivity (Wildman–Crippen MR) is 93.4 cm³/mol. The number of carbonyl (C=O) groups is 2. The number of piperidine rings is 1. The Hall–Kier alpha value is -2.74. The molecule has 138 valence electrons. The lowest BCUT2D eigenvalue weighted by Gasteiger charge is -2.31. The average molecular weight is 360 g/mol. The van der Waals surface area contributed by atoms with E-state index < -0.39 is 11.7 Å². The molecule has 3 rings (SSSR count). The lowest BCUT2D eigenvalue weighted by molar-refractivity contribution is -0.136. The molecule has 0 radical (unpaired) electrons. The smallest absolute Gasteiger partial charge is 0.276 e. The molecule has 2 amide bonds. The van der Waals surface area contributed by atoms with Gasteiger partial charge in [0, 0.05) is 31.8 Å². The molecule has 1 aliphatic heterocycles. The Labute approximate surface area is 150 Å². The third kappa shape index (κ3) is 4.08. The predicted octanol–water partition coefficient (Wildman–Crippen LogP) is 2.15. The van der Waals surface area contributed by atoms with Gasteiger partial charge in [0.2, 0.25) is 5.91 Å². The summed E-state index contributed by atoms with van der Waals surface area (Å²) >= 11 is 0. The van der Waals surface area contributed by atoms with Crippen molar-refractivity contribution in [2.75, 3.05) is 32.1 Å². The van der Waals surface area contributed by atoms with Gasteiger partial charge in [-0.3, -0.25) is 14.7 Å². The van der Waals surface area contributed by atoms with Gasteiger partial charge in [-0.05, 0) is 31.0 Å². The lowest BCUT2D eigenvalue weighted by Crippen LogP contribution is -2.39. The van der Waals surface area contributed by atoms with Gasteiger partial charge in [-0.25, -0.2) is 4.39 Å². The third-order valence-corrected chi connectivity index (χ3v) is 4.51. The van der Waals surface area contributed by atoms with Crippen molar-refractivity contribution in [2.45, 2.75) is 18.8 Å². The van der Waals surface area contributed by atoms with Gasteiger partial charge in [-0.1, -0.05) is 12.1 Å². The maximum Gasteiger partial charge on any atom is 0.276 e. The van der Waals surface area contributed by atoms with E-state index in [0.717, 1.165) is 18.5 Å². The largest absolute Gasteiger partial charge is 0.375 e. The van der Waals surface area contributed by atoms with Crippen LogP contribution < -0.4 is 5.32 Å². The zero-order chi connectivity index (χ0) is 18.5. The topological polar surface area (TPSA) is 87.3 Å². The molecule has 1 saturated heterocycles. The lowest BCUT2D eigenvalue weighted by atomic mass is 9.93. The number of ether oxygens (including phenoxy) is 1. The number of halogens is 1. The Bertz CT molecular complexity index is 784. The Kier molecular flexibility index (Phi) is 5.62. The van der Waals surface area contributed by atoms with E-state index in [0.29, 0.717) is 13.1 Å². The standard InChI is InChI=1S/C18H21FN4O3/c1-26-11-17(24)23-8-6-12(7-9-23)15-10-16(22-21-15)18(25)20-14-5-3-2-4-13(14)19/h2-5,10,12H,6-9,11H2,1H3,(H,20,25)(H,21,22). The first kappa shape index (κ1) is 18.1. The van der Waals surface area contributed by atoms with Crippen LogP contribution in [0.1, 0.15) is 34.9 Å². The van der Waals surface area contributed by atoms with Crippen LogP contribution in [-0.4, -0.2) is 53.7 Å². The maximum absolute atomic E-state index is 13.6. The number of nitrogens with zero attached hydrogens (tertiary/aromatic N) is 2. The fourth-order valence-electron chi connectivity index (χ4n) is 3.07. The summed E-state index contributed by atoms with van der Waals surface area (Å²) < 4.78 is 18.5. The molecule has 26 heavy (non-hydrogen) atoms. The van der Waals surface area contributed by atoms with Crippen molar-refractivity contribution in [3.05, 3.63) is 47.5 Å². The van der Waals surface area contributed by atoms with Gasteiger partial charge >= 0.3 is 0 Å². The number of carbonyl (C=O) groups excluding carboxylic acids is 2. The van der Waals surface area contributed by atoms with E-state index in [4.69, 9.17) is 4.74 Å². The zero-order valence-corrected chi connectivity index (χ0v) is 14.5. The number of likely N-dealkylation sites (tertiary alicyclic amines) is 1. The molecule has 2 N–H and O–H groups in total. The van der Waals surface area contributed by atoms with Gasteiger partial charge < -0.3 is 15.0 Å². The molecule has 0 aliphatic carbocycles. The molecule has 0 unspecified atom stereocenters. The summed E-state index contributed by atoms with van der Waals surface area (Å²) in [5.74, 6) is -0.778. The van der Waals surface area contributed by atoms with Gasteiger partial charge in [-0.15, -0.1) is 0 Å². The van der Waals surface area contributed by atoms with Crippen LogP contribution in [0.2, 0.25) is 0 Å². The molecule has 0 saturated carbocycles. The molecule has 0 bridgehead atoms. The highest BCUT2D eigenvalue weighted by Gasteiger charge is 2.25. The van der Waals surface area contributed by atoms with Crippen molar-refractivity contribution >= 4 is 17.5 Å². The summed E-state index contributed by atoms with van der Waals surface area (Å²) in [6.07, 6.45) is 1.57. The van der Waals surface area contributed by atoms with Gasteiger partial charge in [0.05, 0.1) is 5.69 Å². The number of benzene rings is 1. The van der Waals surface area contributed by atoms with Crippen molar-refractivity contribution < 1.29 is 18.7 Å². The zero-order valence-electron chi connectivity index (χ0n) is 14.5. The van der Waals surface area contributed by atoms with Gasteiger partial charge in [0.1, 0.15) is 12.4 Å². The molecule has 0 spiro atoms. The highest BCUT2D eigenvalue weighted by Crippen LogP contribution is 2.27. The fourth-order valence-corrected chi connectivity index (χ4v) is 3.07. The molecule has 8 heteroatoms. The summed E-state index contributed by atoms with van der Waals surface area (Å²) in [5, 5.41) is 9.45. The Morgan fingerprint density at radius 3 is 2.77 bits per heavy atom. The van der Waals surface area contributed by atoms with Crippen LogP contribution in [0, 0.1) is 5.82 Å². The summed E-state index contributed by atoms with van der Waals surface area (Å²) in [5.41, 5.74) is 1.18. The van der Waals surface area contributed by atoms with Crippen molar-refractivity contribution in [1.82, 2.24) is 15.1 Å². The molecular formula is C18H21FN4O3. The summed E-state index contributed by atoms with van der Waals surface area (Å²) in [6.45, 7) is 1.38. The minimum absolute atomic E-state index is 0.0134. The van der Waals surface area contributed by atoms with E-state index in [-0.39, 0.29) is 29.8 Å². The molecule has 1 aliphatic rings. The van der Waals surface area contributed by atoms with Crippen molar-refractivity contribution in [2.24, 2.45) is 0 Å². The monoisotopic (exact) mass is 360 g/mol. The third-order valence-electron chi connectivity index (χ3n) is 4.51. The molecule has 7 nitrogen and oxygen atoms in total. The van der Waals surface area contributed by atoms with E-state index in [1.165, 1.54) is 19.2 Å². The maximum atomic E-state index is 13.6. The highest BCUT2D eigenvalue weighted by atomic mass is 19.1. The second-order valence-electron chi connectivity index (χ2n) is 6.23. The SMILES string of the molecule is COCC(=O)N1CCC(c2cc(C(=O)Nc3ccccc3F)n[nH]2)CC1. The van der Waals surface area contributed by atoms with E-state index >= 15 is 0 Å². The summed E-state index contributed by atoms with van der Waals surface area (Å²) in [6, 6.07) is 7.67. The van der Waals surface area contributed by atoms with Crippen molar-refractivity contribution in [3.63, 3.8) is 0 Å². The number of aromatic nitrogens is 2. The van der Waals surface area contributed by atoms with E-state index in [9.17, 15) is 14.0 Å². The Balaban J connectivity index is 1.59. The van der Waals surface area contributed by atoms with Gasteiger partial charge in [-0.2, -0.15) is 5.10 Å². The number of hydrogen-bond acceptors (Lipinski definition) is 4. The van der Waals surface area contributed by atoms with Crippen molar-refractivity contribution in [1.29, 1.82) is 0 Å². The highest BCUT2D eigenvalue weighted by molar-refractivity contribution is 6.02. The number of methoxy groups -OCH3 is 1. The van der Waals surface area contributed by atoms with E-state index in [1.807, 2.05) is 0 Å². The second kappa shape index (κ2) is 8.09. The summed E-state index contributed by atoms with van der Waals surface area (Å²) in [7, 11) is 1.50. The van der Waals surface area contributed by atoms with Gasteiger partial charge in [0.25, 0.3) is 5.91 Å². The molecular weight excluding hydrogens is 339 g/mol. The average Bonchev–Trinajstić information content (AvgIpc) is 3.14. The Morgan fingerprint density at radius 2 is 2.08 bits per heavy atom. The number of anilines is 1. The first-order valence-corrected chi connectivity index (χ1v) is 8.46. The Morgan fingerprint density at radius 1 is 1.35 bits per heavy atom. The van der Waals surface area contributed by atoms with Crippen LogP contribution in [0.3, 0.4) is 0 Å². The normalized spacial score (nSPS) is 15.1. The van der Waals surface area contributed by atoms with E-state index in [1.54, 1.807) is 23.1 Å². The fraction of sp³-hybridized carbons (Fsp3) is 0.389. The molecule has 1 aromatic carbocycles. The molecule has 2 aromatic rings. The first-order chi connectivity index (χ1) is 12.6. The van der Waals surface area contributed by atoms with Crippen LogP contribution in [0.5, 0.6) is 0 Å². The van der Waals surface area contributed by atoms with Gasteiger partial charge in [0.15, 0.2) is 5.69 Å². The van der Waals surface area contributed by atoms with Crippen LogP contribution in [-0.2, 0) is 9.53 Å². The number of para-hydroxylation sites is 1. The number of H-pyrrole nitrogens is 1. The number of amides is 2. The van der Waals surface area contributed by atoms with Crippen LogP contribution in [0.4, 0.5) is 10.1 Å². The molecule has 0 atom stereocenters. The summed E-state index contributed by atoms with van der Waals surface area (Å²) in [4.78, 5) is 25.9. The number of aromatic amines is 1. The van der Waals surface area contributed by atoms with E-state index in [2.05, 4.69) is 15.5 Å². The number of rotatable bonds is 5. The number of nitrogens with one attached hydrogen (secondary N) is 2. The molecule has 1 aromatic heterocycles. The second-order valence-corrected chi connectivity index (χ2v) is 6.23.